The molecule has 0 aromatic heterocycles. The summed E-state index contributed by atoms with van der Waals surface area (Å²) < 4.78 is 24.8. The normalized spacial score (nSPS) is 15.3. The number of ether oxygens (including phenoxy) is 2. The molecule has 7 heteroatoms. The first kappa shape index (κ1) is 21.9. The summed E-state index contributed by atoms with van der Waals surface area (Å²) in [7, 11) is 1.63. The Balaban J connectivity index is 1.38. The van der Waals surface area contributed by atoms with E-state index in [4.69, 9.17) is 14.5 Å². The van der Waals surface area contributed by atoms with E-state index in [9.17, 15) is 9.18 Å². The van der Waals surface area contributed by atoms with Crippen LogP contribution < -0.4 is 9.47 Å². The van der Waals surface area contributed by atoms with Gasteiger partial charge in [-0.1, -0.05) is 24.3 Å². The number of methoxy groups -OCH3 is 1. The van der Waals surface area contributed by atoms with Gasteiger partial charge in [0, 0.05) is 32.2 Å². The number of nitrogens with zero attached hydrogens (tertiary/aromatic N) is 3. The van der Waals surface area contributed by atoms with Crippen molar-refractivity contribution >= 4 is 17.4 Å². The van der Waals surface area contributed by atoms with Crippen molar-refractivity contribution in [2.45, 2.75) is 12.8 Å². The van der Waals surface area contributed by atoms with Crippen molar-refractivity contribution in [3.63, 3.8) is 0 Å². The summed E-state index contributed by atoms with van der Waals surface area (Å²) in [5.74, 6) is 2.68. The molecule has 0 aliphatic carbocycles. The van der Waals surface area contributed by atoms with Gasteiger partial charge in [0.2, 0.25) is 5.91 Å². The van der Waals surface area contributed by atoms with Gasteiger partial charge in [0.15, 0.2) is 5.75 Å². The fourth-order valence-electron chi connectivity index (χ4n) is 4.34. The third kappa shape index (κ3) is 4.59. The van der Waals surface area contributed by atoms with Crippen molar-refractivity contribution in [3.05, 3.63) is 83.7 Å². The van der Waals surface area contributed by atoms with Gasteiger partial charge in [-0.15, -0.1) is 0 Å². The topological polar surface area (TPSA) is 54.4 Å². The maximum absolute atomic E-state index is 13.2. The van der Waals surface area contributed by atoms with E-state index in [0.29, 0.717) is 36.9 Å². The summed E-state index contributed by atoms with van der Waals surface area (Å²) in [6.07, 6.45) is 1.09. The van der Waals surface area contributed by atoms with E-state index < -0.39 is 0 Å². The number of amides is 1. The largest absolute Gasteiger partial charge is 0.497 e. The number of benzene rings is 3. The lowest BCUT2D eigenvalue weighted by Crippen LogP contribution is -2.38. The lowest BCUT2D eigenvalue weighted by molar-refractivity contribution is -0.130. The molecule has 34 heavy (non-hydrogen) atoms. The third-order valence-electron chi connectivity index (χ3n) is 6.16. The zero-order valence-corrected chi connectivity index (χ0v) is 19.0. The van der Waals surface area contributed by atoms with E-state index in [-0.39, 0.29) is 18.1 Å². The quantitative estimate of drug-likeness (QED) is 0.565. The van der Waals surface area contributed by atoms with Gasteiger partial charge in [0.05, 0.1) is 19.1 Å². The molecule has 5 rings (SSSR count). The fourth-order valence-corrected chi connectivity index (χ4v) is 4.34. The Labute approximate surface area is 198 Å². The molecular formula is C27H26FN3O3. The first-order chi connectivity index (χ1) is 16.6. The molecule has 3 aromatic rings. The maximum atomic E-state index is 13.2. The van der Waals surface area contributed by atoms with Crippen LogP contribution in [0.1, 0.15) is 17.5 Å². The zero-order chi connectivity index (χ0) is 23.5. The van der Waals surface area contributed by atoms with Crippen LogP contribution in [-0.4, -0.2) is 54.8 Å². The molecule has 1 amide bonds. The van der Waals surface area contributed by atoms with Gasteiger partial charge in [0.25, 0.3) is 0 Å². The summed E-state index contributed by atoms with van der Waals surface area (Å²) in [5, 5.41) is 0. The number of aliphatic imine (C=N–C) groups is 1. The first-order valence-electron chi connectivity index (χ1n) is 11.4. The number of halogens is 1. The SMILES string of the molecule is COc1ccc2c(c1)Oc1ccccc1N=C2N1CCCN(C(=O)Cc2ccc(F)cc2)CC1. The Hall–Kier alpha value is -3.87. The van der Waals surface area contributed by atoms with Gasteiger partial charge in [-0.25, -0.2) is 9.38 Å². The lowest BCUT2D eigenvalue weighted by Gasteiger charge is -2.25. The Morgan fingerprint density at radius 2 is 1.82 bits per heavy atom. The molecule has 0 spiro atoms. The highest BCUT2D eigenvalue weighted by Crippen LogP contribution is 2.39. The fraction of sp³-hybridized carbons (Fsp3) is 0.259. The summed E-state index contributed by atoms with van der Waals surface area (Å²) in [4.78, 5) is 22.0. The van der Waals surface area contributed by atoms with Gasteiger partial charge < -0.3 is 19.3 Å². The second kappa shape index (κ2) is 9.55. The predicted octanol–water partition coefficient (Wildman–Crippen LogP) is 4.80. The molecule has 0 bridgehead atoms. The van der Waals surface area contributed by atoms with Crippen LogP contribution in [0.4, 0.5) is 10.1 Å². The van der Waals surface area contributed by atoms with Crippen LogP contribution in [0.3, 0.4) is 0 Å². The Morgan fingerprint density at radius 3 is 2.65 bits per heavy atom. The van der Waals surface area contributed by atoms with Crippen molar-refractivity contribution in [3.8, 4) is 17.2 Å². The number of amidine groups is 1. The molecule has 0 radical (unpaired) electrons. The van der Waals surface area contributed by atoms with E-state index in [1.165, 1.54) is 12.1 Å². The summed E-state index contributed by atoms with van der Waals surface area (Å²) in [5.41, 5.74) is 2.47. The Kier molecular flexibility index (Phi) is 6.16. The highest BCUT2D eigenvalue weighted by Gasteiger charge is 2.26. The monoisotopic (exact) mass is 459 g/mol. The van der Waals surface area contributed by atoms with Crippen molar-refractivity contribution < 1.29 is 18.7 Å². The van der Waals surface area contributed by atoms with Crippen LogP contribution >= 0.6 is 0 Å². The molecule has 2 aliphatic rings. The van der Waals surface area contributed by atoms with Crippen LogP contribution in [0.5, 0.6) is 17.2 Å². The molecule has 0 N–H and O–H groups in total. The van der Waals surface area contributed by atoms with Crippen LogP contribution in [0.15, 0.2) is 71.7 Å². The average Bonchev–Trinajstić information content (AvgIpc) is 3.20. The minimum Gasteiger partial charge on any atom is -0.497 e. The lowest BCUT2D eigenvalue weighted by atomic mass is 10.1. The van der Waals surface area contributed by atoms with Crippen LogP contribution in [0.2, 0.25) is 0 Å². The molecule has 0 saturated carbocycles. The zero-order valence-electron chi connectivity index (χ0n) is 19.0. The second-order valence-electron chi connectivity index (χ2n) is 8.39. The van der Waals surface area contributed by atoms with Gasteiger partial charge in [-0.2, -0.15) is 0 Å². The number of hydrogen-bond acceptors (Lipinski definition) is 5. The second-order valence-corrected chi connectivity index (χ2v) is 8.39. The highest BCUT2D eigenvalue weighted by atomic mass is 19.1. The Bertz CT molecular complexity index is 1230. The van der Waals surface area contributed by atoms with Crippen molar-refractivity contribution in [1.29, 1.82) is 0 Å². The smallest absolute Gasteiger partial charge is 0.227 e. The standard InChI is InChI=1S/C27H26FN3O3/c1-33-21-11-12-22-25(18-21)34-24-6-3-2-5-23(24)29-27(22)31-14-4-13-30(15-16-31)26(32)17-19-7-9-20(28)10-8-19/h2-3,5-12,18H,4,13-17H2,1H3. The van der Waals surface area contributed by atoms with Gasteiger partial charge >= 0.3 is 0 Å². The first-order valence-corrected chi connectivity index (χ1v) is 11.4. The van der Waals surface area contributed by atoms with Crippen molar-refractivity contribution in [1.82, 2.24) is 9.80 Å². The van der Waals surface area contributed by atoms with Gasteiger partial charge in [0.1, 0.15) is 28.8 Å². The molecule has 6 nitrogen and oxygen atoms in total. The molecule has 1 fully saturated rings. The number of fused-ring (bicyclic) bond motifs is 2. The molecule has 3 aromatic carbocycles. The average molecular weight is 460 g/mol. The van der Waals surface area contributed by atoms with Gasteiger partial charge in [-0.3, -0.25) is 4.79 Å². The van der Waals surface area contributed by atoms with E-state index in [1.54, 1.807) is 19.2 Å². The molecule has 2 heterocycles. The van der Waals surface area contributed by atoms with Crippen LogP contribution in [0, 0.1) is 5.82 Å². The molecule has 0 atom stereocenters. The van der Waals surface area contributed by atoms with E-state index in [2.05, 4.69) is 4.90 Å². The number of para-hydroxylation sites is 2. The number of hydrogen-bond donors (Lipinski definition) is 0. The number of carbonyl (C=O) groups is 1. The number of rotatable bonds is 3. The number of carbonyl (C=O) groups excluding carboxylic acids is 1. The summed E-state index contributed by atoms with van der Waals surface area (Å²) in [6.45, 7) is 2.69. The molecule has 0 unspecified atom stereocenters. The summed E-state index contributed by atoms with van der Waals surface area (Å²) in [6, 6.07) is 19.6. The van der Waals surface area contributed by atoms with E-state index in [0.717, 1.165) is 35.6 Å². The third-order valence-corrected chi connectivity index (χ3v) is 6.16. The van der Waals surface area contributed by atoms with Crippen molar-refractivity contribution in [2.24, 2.45) is 4.99 Å². The molecule has 174 valence electrons. The highest BCUT2D eigenvalue weighted by molar-refractivity contribution is 6.04. The summed E-state index contributed by atoms with van der Waals surface area (Å²) >= 11 is 0. The van der Waals surface area contributed by atoms with E-state index >= 15 is 0 Å². The molecule has 2 aliphatic heterocycles. The maximum Gasteiger partial charge on any atom is 0.227 e. The minimum absolute atomic E-state index is 0.0510. The van der Waals surface area contributed by atoms with Gasteiger partial charge in [-0.05, 0) is 48.4 Å². The van der Waals surface area contributed by atoms with Crippen LogP contribution in [-0.2, 0) is 11.2 Å². The minimum atomic E-state index is -0.297. The molecular weight excluding hydrogens is 433 g/mol. The van der Waals surface area contributed by atoms with Crippen LogP contribution in [0.25, 0.3) is 0 Å². The molecule has 1 saturated heterocycles. The van der Waals surface area contributed by atoms with E-state index in [1.807, 2.05) is 47.4 Å². The van der Waals surface area contributed by atoms with Crippen molar-refractivity contribution in [2.75, 3.05) is 33.3 Å². The predicted molar refractivity (Wildman–Crippen MR) is 129 cm³/mol. The Morgan fingerprint density at radius 1 is 1.00 bits per heavy atom.